The maximum Gasteiger partial charge on any atom is 0.265 e. The van der Waals surface area contributed by atoms with Gasteiger partial charge in [-0.05, 0) is 49.3 Å². The molecule has 0 bridgehead atoms. The maximum absolute atomic E-state index is 12.1. The molecule has 5 nitrogen and oxygen atoms in total. The summed E-state index contributed by atoms with van der Waals surface area (Å²) < 4.78 is 5.69. The number of carbonyl (C=O) groups excluding carboxylic acids is 2. The van der Waals surface area contributed by atoms with E-state index in [1.165, 1.54) is 18.0 Å². The molecule has 1 fully saturated rings. The third kappa shape index (κ3) is 3.89. The molecule has 1 saturated heterocycles. The fourth-order valence-electron chi connectivity index (χ4n) is 1.91. The van der Waals surface area contributed by atoms with Crippen LogP contribution in [0, 0.1) is 0 Å². The summed E-state index contributed by atoms with van der Waals surface area (Å²) in [7, 11) is 1.51. The van der Waals surface area contributed by atoms with Crippen LogP contribution in [0.5, 0.6) is 5.75 Å². The van der Waals surface area contributed by atoms with Crippen LogP contribution in [0.2, 0.25) is 5.02 Å². The van der Waals surface area contributed by atoms with E-state index in [4.69, 9.17) is 28.6 Å². The summed E-state index contributed by atoms with van der Waals surface area (Å²) in [6.07, 6.45) is 2.40. The standard InChI is InChI=1S/C16H17ClN2O3S/c1-4-9(2)22-13-6-5-10(8-12(13)17)7-11-14(20)18-16(23)19(3)15(11)21/h5-9H,4H2,1-3H3,(H,18,20,23)/b11-7+. The Hall–Kier alpha value is -1.92. The van der Waals surface area contributed by atoms with Gasteiger partial charge in [0.25, 0.3) is 11.8 Å². The quantitative estimate of drug-likeness (QED) is 0.514. The second kappa shape index (κ2) is 7.10. The lowest BCUT2D eigenvalue weighted by Crippen LogP contribution is -2.52. The van der Waals surface area contributed by atoms with Gasteiger partial charge in [0.15, 0.2) is 5.11 Å². The van der Waals surface area contributed by atoms with E-state index in [-0.39, 0.29) is 16.8 Å². The molecule has 1 atom stereocenters. The van der Waals surface area contributed by atoms with Gasteiger partial charge in [-0.3, -0.25) is 19.8 Å². The molecule has 1 aliphatic rings. The third-order valence-corrected chi connectivity index (χ3v) is 4.15. The van der Waals surface area contributed by atoms with Crippen molar-refractivity contribution in [2.75, 3.05) is 7.05 Å². The fourth-order valence-corrected chi connectivity index (χ4v) is 2.32. The van der Waals surface area contributed by atoms with E-state index >= 15 is 0 Å². The van der Waals surface area contributed by atoms with E-state index in [1.807, 2.05) is 13.8 Å². The van der Waals surface area contributed by atoms with E-state index in [2.05, 4.69) is 5.32 Å². The predicted octanol–water partition coefficient (Wildman–Crippen LogP) is 2.77. The first-order valence-electron chi connectivity index (χ1n) is 7.14. The van der Waals surface area contributed by atoms with Crippen molar-refractivity contribution in [1.82, 2.24) is 10.2 Å². The number of halogens is 1. The van der Waals surface area contributed by atoms with E-state index < -0.39 is 11.8 Å². The molecule has 1 N–H and O–H groups in total. The zero-order valence-electron chi connectivity index (χ0n) is 13.1. The number of hydrogen-bond donors (Lipinski definition) is 1. The van der Waals surface area contributed by atoms with Gasteiger partial charge in [-0.15, -0.1) is 0 Å². The molecule has 122 valence electrons. The summed E-state index contributed by atoms with van der Waals surface area (Å²) in [5, 5.41) is 2.97. The van der Waals surface area contributed by atoms with Crippen molar-refractivity contribution < 1.29 is 14.3 Å². The molecule has 2 rings (SSSR count). The minimum absolute atomic E-state index is 0.00719. The van der Waals surface area contributed by atoms with Crippen LogP contribution in [-0.4, -0.2) is 35.0 Å². The zero-order chi connectivity index (χ0) is 17.1. The molecule has 0 aliphatic carbocycles. The Bertz CT molecular complexity index is 703. The highest BCUT2D eigenvalue weighted by molar-refractivity contribution is 7.80. The highest BCUT2D eigenvalue weighted by Crippen LogP contribution is 2.28. The lowest BCUT2D eigenvalue weighted by Gasteiger charge is -2.25. The van der Waals surface area contributed by atoms with E-state index in [9.17, 15) is 9.59 Å². The van der Waals surface area contributed by atoms with Crippen LogP contribution < -0.4 is 10.1 Å². The fraction of sp³-hybridized carbons (Fsp3) is 0.312. The van der Waals surface area contributed by atoms with Crippen LogP contribution in [0.15, 0.2) is 23.8 Å². The summed E-state index contributed by atoms with van der Waals surface area (Å²) in [6.45, 7) is 3.97. The van der Waals surface area contributed by atoms with Crippen LogP contribution >= 0.6 is 23.8 Å². The molecule has 0 aromatic heterocycles. The molecule has 1 aliphatic heterocycles. The molecule has 7 heteroatoms. The molecule has 0 spiro atoms. The molecule has 23 heavy (non-hydrogen) atoms. The predicted molar refractivity (Wildman–Crippen MR) is 93.3 cm³/mol. The summed E-state index contributed by atoms with van der Waals surface area (Å²) in [6, 6.07) is 5.12. The number of benzene rings is 1. The number of thiocarbonyl (C=S) groups is 1. The Morgan fingerprint density at radius 3 is 2.74 bits per heavy atom. The highest BCUT2D eigenvalue weighted by atomic mass is 35.5. The van der Waals surface area contributed by atoms with Gasteiger partial charge in [0.1, 0.15) is 11.3 Å². The molecular formula is C16H17ClN2O3S. The number of rotatable bonds is 4. The van der Waals surface area contributed by atoms with Crippen LogP contribution in [0.25, 0.3) is 6.08 Å². The number of nitrogens with zero attached hydrogens (tertiary/aromatic N) is 1. The first-order chi connectivity index (χ1) is 10.8. The Kier molecular flexibility index (Phi) is 5.38. The molecule has 0 saturated carbocycles. The Morgan fingerprint density at radius 2 is 2.13 bits per heavy atom. The lowest BCUT2D eigenvalue weighted by atomic mass is 10.1. The Balaban J connectivity index is 2.29. The maximum atomic E-state index is 12.1. The number of hydrogen-bond acceptors (Lipinski definition) is 4. The SMILES string of the molecule is CCC(C)Oc1ccc(/C=C2\C(=O)NC(=S)N(C)C2=O)cc1Cl. The summed E-state index contributed by atoms with van der Waals surface area (Å²) in [5.74, 6) is -0.398. The number of nitrogens with one attached hydrogen (secondary N) is 1. The normalized spacial score (nSPS) is 18.2. The minimum atomic E-state index is -0.519. The van der Waals surface area contributed by atoms with Gasteiger partial charge in [-0.2, -0.15) is 0 Å². The monoisotopic (exact) mass is 352 g/mol. The van der Waals surface area contributed by atoms with Crippen LogP contribution in [0.3, 0.4) is 0 Å². The van der Waals surface area contributed by atoms with Crippen molar-refractivity contribution in [1.29, 1.82) is 0 Å². The van der Waals surface area contributed by atoms with Gasteiger partial charge in [-0.1, -0.05) is 24.6 Å². The molecule has 1 aromatic carbocycles. The Labute approximate surface area is 145 Å². The third-order valence-electron chi connectivity index (χ3n) is 3.47. The first kappa shape index (κ1) is 17.4. The number of likely N-dealkylation sites (N-methyl/N-ethyl adjacent to an activating group) is 1. The van der Waals surface area contributed by atoms with Gasteiger partial charge in [0, 0.05) is 7.05 Å². The minimum Gasteiger partial charge on any atom is -0.489 e. The summed E-state index contributed by atoms with van der Waals surface area (Å²) >= 11 is 11.1. The van der Waals surface area contributed by atoms with E-state index in [1.54, 1.807) is 18.2 Å². The van der Waals surface area contributed by atoms with Crippen LogP contribution in [0.4, 0.5) is 0 Å². The average molecular weight is 353 g/mol. The highest BCUT2D eigenvalue weighted by Gasteiger charge is 2.30. The smallest absolute Gasteiger partial charge is 0.265 e. The molecule has 2 amide bonds. The molecular weight excluding hydrogens is 336 g/mol. The van der Waals surface area contributed by atoms with Gasteiger partial charge >= 0.3 is 0 Å². The van der Waals surface area contributed by atoms with E-state index in [0.717, 1.165) is 6.42 Å². The van der Waals surface area contributed by atoms with Crippen molar-refractivity contribution in [2.45, 2.75) is 26.4 Å². The molecule has 0 radical (unpaired) electrons. The second-order valence-electron chi connectivity index (χ2n) is 5.21. The van der Waals surface area contributed by atoms with Crippen molar-refractivity contribution in [3.63, 3.8) is 0 Å². The van der Waals surface area contributed by atoms with E-state index in [0.29, 0.717) is 16.3 Å². The van der Waals surface area contributed by atoms with Gasteiger partial charge in [-0.25, -0.2) is 0 Å². The average Bonchev–Trinajstić information content (AvgIpc) is 2.51. The van der Waals surface area contributed by atoms with Crippen molar-refractivity contribution in [3.8, 4) is 5.75 Å². The first-order valence-corrected chi connectivity index (χ1v) is 7.93. The van der Waals surface area contributed by atoms with Crippen LogP contribution in [-0.2, 0) is 9.59 Å². The Morgan fingerprint density at radius 1 is 1.43 bits per heavy atom. The molecule has 1 aromatic rings. The van der Waals surface area contributed by atoms with Gasteiger partial charge in [0.2, 0.25) is 0 Å². The van der Waals surface area contributed by atoms with Crippen LogP contribution in [0.1, 0.15) is 25.8 Å². The van der Waals surface area contributed by atoms with Gasteiger partial charge < -0.3 is 4.74 Å². The van der Waals surface area contributed by atoms with Gasteiger partial charge in [0.05, 0.1) is 11.1 Å². The summed E-state index contributed by atoms with van der Waals surface area (Å²) in [4.78, 5) is 25.3. The van der Waals surface area contributed by atoms with Crippen molar-refractivity contribution >= 4 is 46.8 Å². The number of amides is 2. The summed E-state index contributed by atoms with van der Waals surface area (Å²) in [5.41, 5.74) is 0.638. The topological polar surface area (TPSA) is 58.6 Å². The van der Waals surface area contributed by atoms with Crippen molar-refractivity contribution in [3.05, 3.63) is 34.4 Å². The molecule has 1 unspecified atom stereocenters. The lowest BCUT2D eigenvalue weighted by molar-refractivity contribution is -0.128. The molecule has 1 heterocycles. The number of carbonyl (C=O) groups is 2. The second-order valence-corrected chi connectivity index (χ2v) is 6.00. The zero-order valence-corrected chi connectivity index (χ0v) is 14.6. The number of ether oxygens (including phenoxy) is 1. The van der Waals surface area contributed by atoms with Crippen molar-refractivity contribution in [2.24, 2.45) is 0 Å². The largest absolute Gasteiger partial charge is 0.489 e.